The molecule has 1 aromatic carbocycles. The second kappa shape index (κ2) is 8.79. The third kappa shape index (κ3) is 4.02. The van der Waals surface area contributed by atoms with Crippen LogP contribution in [-0.4, -0.2) is 19.6 Å². The minimum atomic E-state index is -0.0464. The van der Waals surface area contributed by atoms with E-state index in [1.165, 1.54) is 28.1 Å². The second-order valence-electron chi connectivity index (χ2n) is 8.60. The first-order valence-electron chi connectivity index (χ1n) is 11.2. The molecule has 4 heterocycles. The van der Waals surface area contributed by atoms with E-state index in [1.54, 1.807) is 0 Å². The molecule has 5 nitrogen and oxygen atoms in total. The van der Waals surface area contributed by atoms with E-state index in [9.17, 15) is 0 Å². The van der Waals surface area contributed by atoms with Crippen LogP contribution in [0.25, 0.3) is 0 Å². The van der Waals surface area contributed by atoms with Crippen molar-refractivity contribution in [1.82, 2.24) is 19.9 Å². The maximum atomic E-state index is 5.87. The Morgan fingerprint density at radius 2 is 1.70 bits per heavy atom. The van der Waals surface area contributed by atoms with Gasteiger partial charge in [-0.2, -0.15) is 0 Å². The summed E-state index contributed by atoms with van der Waals surface area (Å²) >= 11 is 5.87. The highest BCUT2D eigenvalue weighted by molar-refractivity contribution is 7.80. The van der Waals surface area contributed by atoms with Crippen LogP contribution in [0.1, 0.15) is 45.9 Å². The van der Waals surface area contributed by atoms with Gasteiger partial charge < -0.3 is 14.8 Å². The number of anilines is 1. The smallest absolute Gasteiger partial charge is 0.174 e. The summed E-state index contributed by atoms with van der Waals surface area (Å²) in [5.41, 5.74) is 8.24. The number of benzene rings is 1. The second-order valence-corrected chi connectivity index (χ2v) is 8.99. The van der Waals surface area contributed by atoms with Crippen molar-refractivity contribution in [3.63, 3.8) is 0 Å². The Balaban J connectivity index is 1.62. The Morgan fingerprint density at radius 3 is 2.39 bits per heavy atom. The molecule has 166 valence electrons. The van der Waals surface area contributed by atoms with Crippen molar-refractivity contribution in [2.75, 3.05) is 4.90 Å². The van der Waals surface area contributed by atoms with Crippen molar-refractivity contribution in [3.05, 3.63) is 113 Å². The first-order valence-corrected chi connectivity index (χ1v) is 11.6. The van der Waals surface area contributed by atoms with Gasteiger partial charge in [-0.05, 0) is 86.6 Å². The average Bonchev–Trinajstić information content (AvgIpc) is 3.32. The molecular weight excluding hydrogens is 426 g/mol. The third-order valence-electron chi connectivity index (χ3n) is 6.43. The largest absolute Gasteiger partial charge is 0.351 e. The standard InChI is InChI=1S/C27H27N5S/c1-18-7-9-22(10-8-18)32-26(25(30-27(32)33)24-6-4-5-13-29-24)23-16-19(2)31(20(23)3)17-21-11-14-28-15-12-21/h4-16,25-26H,17H2,1-3H3,(H,30,33). The van der Waals surface area contributed by atoms with E-state index < -0.39 is 0 Å². The van der Waals surface area contributed by atoms with Crippen LogP contribution in [0.2, 0.25) is 0 Å². The summed E-state index contributed by atoms with van der Waals surface area (Å²) in [6, 6.07) is 21.0. The lowest BCUT2D eigenvalue weighted by Gasteiger charge is -2.28. The summed E-state index contributed by atoms with van der Waals surface area (Å²) in [6.45, 7) is 7.28. The fraction of sp³-hybridized carbons (Fsp3) is 0.222. The Bertz CT molecular complexity index is 1270. The van der Waals surface area contributed by atoms with Gasteiger partial charge in [0, 0.05) is 42.2 Å². The first-order chi connectivity index (χ1) is 16.0. The minimum absolute atomic E-state index is 0.00695. The maximum Gasteiger partial charge on any atom is 0.174 e. The number of hydrogen-bond donors (Lipinski definition) is 1. The van der Waals surface area contributed by atoms with Gasteiger partial charge in [-0.15, -0.1) is 0 Å². The molecule has 33 heavy (non-hydrogen) atoms. The van der Waals surface area contributed by atoms with Crippen LogP contribution < -0.4 is 10.2 Å². The molecule has 1 N–H and O–H groups in total. The van der Waals surface area contributed by atoms with Crippen molar-refractivity contribution in [1.29, 1.82) is 0 Å². The molecule has 1 saturated heterocycles. The molecular formula is C27H27N5S. The van der Waals surface area contributed by atoms with Crippen LogP contribution >= 0.6 is 12.2 Å². The van der Waals surface area contributed by atoms with E-state index in [0.717, 1.165) is 23.0 Å². The molecule has 3 aromatic heterocycles. The van der Waals surface area contributed by atoms with Crippen LogP contribution in [0, 0.1) is 20.8 Å². The van der Waals surface area contributed by atoms with Gasteiger partial charge in [0.05, 0.1) is 17.8 Å². The zero-order valence-corrected chi connectivity index (χ0v) is 19.9. The number of nitrogens with one attached hydrogen (secondary N) is 1. The summed E-state index contributed by atoms with van der Waals surface area (Å²) < 4.78 is 2.37. The van der Waals surface area contributed by atoms with E-state index in [1.807, 2.05) is 30.7 Å². The molecule has 2 atom stereocenters. The Hall–Kier alpha value is -3.51. The lowest BCUT2D eigenvalue weighted by molar-refractivity contribution is 0.563. The molecule has 0 aliphatic carbocycles. The summed E-state index contributed by atoms with van der Waals surface area (Å²) in [4.78, 5) is 11.1. The van der Waals surface area contributed by atoms with Crippen molar-refractivity contribution >= 4 is 23.0 Å². The molecule has 0 bridgehead atoms. The first kappa shape index (κ1) is 21.3. The number of hydrogen-bond acceptors (Lipinski definition) is 3. The molecule has 0 radical (unpaired) electrons. The Labute approximate surface area is 200 Å². The Kier molecular flexibility index (Phi) is 5.68. The normalized spacial score (nSPS) is 17.9. The number of aryl methyl sites for hydroxylation is 2. The predicted molar refractivity (Wildman–Crippen MR) is 136 cm³/mol. The SMILES string of the molecule is Cc1ccc(N2C(=S)NC(c3ccccn3)C2c2cc(C)n(Cc3ccncc3)c2C)cc1. The highest BCUT2D eigenvalue weighted by Gasteiger charge is 2.42. The average molecular weight is 454 g/mol. The van der Waals surface area contributed by atoms with Gasteiger partial charge in [0.25, 0.3) is 0 Å². The molecule has 0 saturated carbocycles. The zero-order valence-electron chi connectivity index (χ0n) is 19.1. The number of aromatic nitrogens is 3. The van der Waals surface area contributed by atoms with Gasteiger partial charge in [-0.25, -0.2) is 0 Å². The molecule has 4 aromatic rings. The lowest BCUT2D eigenvalue weighted by atomic mass is 9.96. The third-order valence-corrected chi connectivity index (χ3v) is 6.75. The topological polar surface area (TPSA) is 46.0 Å². The van der Waals surface area contributed by atoms with Crippen LogP contribution in [-0.2, 0) is 6.54 Å². The fourth-order valence-electron chi connectivity index (χ4n) is 4.70. The van der Waals surface area contributed by atoms with Crippen molar-refractivity contribution in [2.45, 2.75) is 39.4 Å². The van der Waals surface area contributed by atoms with Gasteiger partial charge in [0.2, 0.25) is 0 Å². The summed E-state index contributed by atoms with van der Waals surface area (Å²) in [5, 5.41) is 4.29. The highest BCUT2D eigenvalue weighted by atomic mass is 32.1. The van der Waals surface area contributed by atoms with Crippen LogP contribution in [0.5, 0.6) is 0 Å². The molecule has 1 aliphatic rings. The van der Waals surface area contributed by atoms with Gasteiger partial charge in [0.15, 0.2) is 5.11 Å². The number of thiocarbonyl (C=S) groups is 1. The maximum absolute atomic E-state index is 5.87. The summed E-state index contributed by atoms with van der Waals surface area (Å²) in [5.74, 6) is 0. The predicted octanol–water partition coefficient (Wildman–Crippen LogP) is 5.43. The summed E-state index contributed by atoms with van der Waals surface area (Å²) in [6.07, 6.45) is 5.54. The van der Waals surface area contributed by atoms with E-state index in [-0.39, 0.29) is 12.1 Å². The van der Waals surface area contributed by atoms with Gasteiger partial charge in [0.1, 0.15) is 0 Å². The van der Waals surface area contributed by atoms with E-state index in [2.05, 4.69) is 94.1 Å². The van der Waals surface area contributed by atoms with E-state index in [4.69, 9.17) is 12.2 Å². The van der Waals surface area contributed by atoms with E-state index in [0.29, 0.717) is 0 Å². The van der Waals surface area contributed by atoms with Gasteiger partial charge in [-0.3, -0.25) is 9.97 Å². The molecule has 1 fully saturated rings. The van der Waals surface area contributed by atoms with Crippen molar-refractivity contribution < 1.29 is 0 Å². The van der Waals surface area contributed by atoms with Crippen LogP contribution in [0.15, 0.2) is 79.3 Å². The zero-order chi connectivity index (χ0) is 22.9. The molecule has 6 heteroatoms. The molecule has 2 unspecified atom stereocenters. The van der Waals surface area contributed by atoms with Gasteiger partial charge >= 0.3 is 0 Å². The monoisotopic (exact) mass is 453 g/mol. The van der Waals surface area contributed by atoms with Crippen LogP contribution in [0.3, 0.4) is 0 Å². The highest BCUT2D eigenvalue weighted by Crippen LogP contribution is 2.43. The minimum Gasteiger partial charge on any atom is -0.351 e. The van der Waals surface area contributed by atoms with Crippen molar-refractivity contribution in [3.8, 4) is 0 Å². The van der Waals surface area contributed by atoms with Crippen molar-refractivity contribution in [2.24, 2.45) is 0 Å². The quantitative estimate of drug-likeness (QED) is 0.408. The Morgan fingerprint density at radius 1 is 0.939 bits per heavy atom. The van der Waals surface area contributed by atoms with Crippen LogP contribution in [0.4, 0.5) is 5.69 Å². The fourth-order valence-corrected chi connectivity index (χ4v) is 5.04. The summed E-state index contributed by atoms with van der Waals surface area (Å²) in [7, 11) is 0. The lowest BCUT2D eigenvalue weighted by Crippen LogP contribution is -2.29. The molecule has 1 aliphatic heterocycles. The number of rotatable bonds is 5. The number of pyridine rings is 2. The molecule has 0 amide bonds. The molecule has 0 spiro atoms. The number of nitrogens with zero attached hydrogens (tertiary/aromatic N) is 4. The van der Waals surface area contributed by atoms with E-state index >= 15 is 0 Å². The molecule has 5 rings (SSSR count). The van der Waals surface area contributed by atoms with Gasteiger partial charge in [-0.1, -0.05) is 23.8 Å².